The van der Waals surface area contributed by atoms with Crippen molar-refractivity contribution in [2.75, 3.05) is 25.0 Å². The van der Waals surface area contributed by atoms with Crippen molar-refractivity contribution in [3.05, 3.63) is 54.2 Å². The first kappa shape index (κ1) is 11.8. The number of carbonyl (C=O) groups excluding carboxylic acids is 1. The number of nitrogens with zero attached hydrogens (tertiary/aromatic N) is 1. The van der Waals surface area contributed by atoms with Crippen LogP contribution in [0.3, 0.4) is 0 Å². The van der Waals surface area contributed by atoms with Gasteiger partial charge in [0, 0.05) is 29.9 Å². The first-order chi connectivity index (χ1) is 9.24. The highest BCUT2D eigenvalue weighted by Gasteiger charge is 2.13. The van der Waals surface area contributed by atoms with Crippen molar-refractivity contribution >= 4 is 22.2 Å². The van der Waals surface area contributed by atoms with Gasteiger partial charge in [-0.25, -0.2) is 0 Å². The van der Waals surface area contributed by atoms with Gasteiger partial charge in [0.15, 0.2) is 5.78 Å². The van der Waals surface area contributed by atoms with E-state index in [4.69, 9.17) is 0 Å². The highest BCUT2D eigenvalue weighted by Crippen LogP contribution is 2.26. The van der Waals surface area contributed by atoms with Crippen molar-refractivity contribution in [3.63, 3.8) is 0 Å². The SMILES string of the molecule is CN(CC1=CC(=O)CN1)c1cccc2ccccc12. The van der Waals surface area contributed by atoms with Crippen LogP contribution in [0.15, 0.2) is 54.2 Å². The van der Waals surface area contributed by atoms with E-state index in [0.717, 1.165) is 12.2 Å². The minimum Gasteiger partial charge on any atom is -0.379 e. The van der Waals surface area contributed by atoms with Gasteiger partial charge in [0.1, 0.15) is 0 Å². The van der Waals surface area contributed by atoms with Crippen molar-refractivity contribution in [2.45, 2.75) is 0 Å². The number of rotatable bonds is 3. The maximum atomic E-state index is 11.2. The third-order valence-electron chi connectivity index (χ3n) is 3.41. The Bertz CT molecular complexity index is 655. The van der Waals surface area contributed by atoms with Crippen LogP contribution >= 0.6 is 0 Å². The van der Waals surface area contributed by atoms with Gasteiger partial charge in [-0.15, -0.1) is 0 Å². The molecule has 1 heterocycles. The highest BCUT2D eigenvalue weighted by atomic mass is 16.1. The second-order valence-electron chi connectivity index (χ2n) is 4.84. The molecule has 2 aromatic carbocycles. The summed E-state index contributed by atoms with van der Waals surface area (Å²) in [6.07, 6.45) is 1.70. The Morgan fingerprint density at radius 2 is 1.95 bits per heavy atom. The lowest BCUT2D eigenvalue weighted by molar-refractivity contribution is -0.113. The van der Waals surface area contributed by atoms with E-state index >= 15 is 0 Å². The van der Waals surface area contributed by atoms with E-state index in [2.05, 4.69) is 46.6 Å². The molecule has 1 aliphatic rings. The number of benzene rings is 2. The largest absolute Gasteiger partial charge is 0.379 e. The maximum absolute atomic E-state index is 11.2. The number of hydrogen-bond donors (Lipinski definition) is 1. The van der Waals surface area contributed by atoms with Crippen molar-refractivity contribution < 1.29 is 4.79 Å². The van der Waals surface area contributed by atoms with E-state index in [-0.39, 0.29) is 5.78 Å². The van der Waals surface area contributed by atoms with E-state index in [1.54, 1.807) is 6.08 Å². The molecule has 3 nitrogen and oxygen atoms in total. The molecule has 0 radical (unpaired) electrons. The van der Waals surface area contributed by atoms with Gasteiger partial charge in [-0.3, -0.25) is 4.79 Å². The Kier molecular flexibility index (Phi) is 2.95. The molecule has 19 heavy (non-hydrogen) atoms. The maximum Gasteiger partial charge on any atom is 0.176 e. The normalized spacial score (nSPS) is 14.4. The fraction of sp³-hybridized carbons (Fsp3) is 0.188. The lowest BCUT2D eigenvalue weighted by atomic mass is 10.1. The third-order valence-corrected chi connectivity index (χ3v) is 3.41. The third kappa shape index (κ3) is 2.32. The van der Waals surface area contributed by atoms with E-state index in [1.807, 2.05) is 13.1 Å². The lowest BCUT2D eigenvalue weighted by Gasteiger charge is -2.22. The van der Waals surface area contributed by atoms with Crippen LogP contribution in [-0.2, 0) is 4.79 Å². The Labute approximate surface area is 112 Å². The summed E-state index contributed by atoms with van der Waals surface area (Å²) in [5, 5.41) is 5.59. The average Bonchev–Trinajstić information content (AvgIpc) is 2.83. The fourth-order valence-corrected chi connectivity index (χ4v) is 2.48. The average molecular weight is 252 g/mol. The molecule has 1 aliphatic heterocycles. The fourth-order valence-electron chi connectivity index (χ4n) is 2.48. The summed E-state index contributed by atoms with van der Waals surface area (Å²) in [5.41, 5.74) is 2.17. The van der Waals surface area contributed by atoms with Crippen LogP contribution in [0.25, 0.3) is 10.8 Å². The predicted octanol–water partition coefficient (Wildman–Crippen LogP) is 2.33. The molecule has 3 rings (SSSR count). The van der Waals surface area contributed by atoms with Gasteiger partial charge in [0.25, 0.3) is 0 Å². The van der Waals surface area contributed by atoms with E-state index < -0.39 is 0 Å². The summed E-state index contributed by atoms with van der Waals surface area (Å²) in [5.74, 6) is 0.154. The first-order valence-electron chi connectivity index (χ1n) is 6.40. The van der Waals surface area contributed by atoms with Crippen LogP contribution in [0.1, 0.15) is 0 Å². The topological polar surface area (TPSA) is 32.3 Å². The van der Waals surface area contributed by atoms with Crippen LogP contribution in [0.5, 0.6) is 0 Å². The summed E-state index contributed by atoms with van der Waals surface area (Å²) in [6.45, 7) is 1.15. The molecular formula is C16H16N2O. The number of ketones is 1. The van der Waals surface area contributed by atoms with Crippen LogP contribution in [0.4, 0.5) is 5.69 Å². The zero-order valence-corrected chi connectivity index (χ0v) is 10.9. The number of fused-ring (bicyclic) bond motifs is 1. The molecule has 0 aromatic heterocycles. The molecule has 0 spiro atoms. The summed E-state index contributed by atoms with van der Waals surface area (Å²) in [4.78, 5) is 13.4. The van der Waals surface area contributed by atoms with E-state index in [1.165, 1.54) is 16.5 Å². The standard InChI is InChI=1S/C16H16N2O/c1-18(11-13-9-14(19)10-17-13)16-8-4-6-12-5-2-3-7-15(12)16/h2-9,17H,10-11H2,1H3. The molecule has 96 valence electrons. The Balaban J connectivity index is 1.91. The summed E-state index contributed by atoms with van der Waals surface area (Å²) in [6, 6.07) is 14.6. The zero-order valence-electron chi connectivity index (χ0n) is 10.9. The van der Waals surface area contributed by atoms with Crippen molar-refractivity contribution in [3.8, 4) is 0 Å². The second kappa shape index (κ2) is 4.76. The van der Waals surface area contributed by atoms with Gasteiger partial charge in [-0.2, -0.15) is 0 Å². The quantitative estimate of drug-likeness (QED) is 0.910. The summed E-state index contributed by atoms with van der Waals surface area (Å²) >= 11 is 0. The van der Waals surface area contributed by atoms with E-state index in [9.17, 15) is 4.79 Å². The highest BCUT2D eigenvalue weighted by molar-refractivity contribution is 5.96. The number of anilines is 1. The molecule has 0 aliphatic carbocycles. The van der Waals surface area contributed by atoms with Crippen LogP contribution in [-0.4, -0.2) is 25.9 Å². The molecule has 0 unspecified atom stereocenters. The molecule has 0 amide bonds. The number of nitrogens with one attached hydrogen (secondary N) is 1. The Morgan fingerprint density at radius 3 is 2.74 bits per heavy atom. The molecule has 0 atom stereocenters. The minimum absolute atomic E-state index is 0.154. The molecule has 3 heteroatoms. The molecular weight excluding hydrogens is 236 g/mol. The summed E-state index contributed by atoms with van der Waals surface area (Å²) in [7, 11) is 2.05. The lowest BCUT2D eigenvalue weighted by Crippen LogP contribution is -2.25. The van der Waals surface area contributed by atoms with Gasteiger partial charge in [0.05, 0.1) is 13.1 Å². The van der Waals surface area contributed by atoms with Gasteiger partial charge in [-0.1, -0.05) is 36.4 Å². The number of hydrogen-bond acceptors (Lipinski definition) is 3. The Morgan fingerprint density at radius 1 is 1.16 bits per heavy atom. The van der Waals surface area contributed by atoms with Gasteiger partial charge in [0.2, 0.25) is 0 Å². The van der Waals surface area contributed by atoms with E-state index in [0.29, 0.717) is 6.54 Å². The Hall–Kier alpha value is -2.29. The smallest absolute Gasteiger partial charge is 0.176 e. The van der Waals surface area contributed by atoms with Crippen molar-refractivity contribution in [1.29, 1.82) is 0 Å². The molecule has 1 N–H and O–H groups in total. The second-order valence-corrected chi connectivity index (χ2v) is 4.84. The minimum atomic E-state index is 0.154. The monoisotopic (exact) mass is 252 g/mol. The summed E-state index contributed by atoms with van der Waals surface area (Å²) < 4.78 is 0. The van der Waals surface area contributed by atoms with Crippen LogP contribution in [0, 0.1) is 0 Å². The molecule has 0 saturated heterocycles. The zero-order chi connectivity index (χ0) is 13.2. The van der Waals surface area contributed by atoms with Crippen molar-refractivity contribution in [2.24, 2.45) is 0 Å². The molecule has 0 fully saturated rings. The van der Waals surface area contributed by atoms with Gasteiger partial charge >= 0.3 is 0 Å². The molecule has 2 aromatic rings. The molecule has 0 saturated carbocycles. The first-order valence-corrected chi connectivity index (χ1v) is 6.40. The van der Waals surface area contributed by atoms with Crippen molar-refractivity contribution in [1.82, 2.24) is 5.32 Å². The van der Waals surface area contributed by atoms with Crippen LogP contribution < -0.4 is 10.2 Å². The van der Waals surface area contributed by atoms with Gasteiger partial charge < -0.3 is 10.2 Å². The number of carbonyl (C=O) groups is 1. The number of likely N-dealkylation sites (N-methyl/N-ethyl adjacent to an activating group) is 1. The van der Waals surface area contributed by atoms with Gasteiger partial charge in [-0.05, 0) is 11.5 Å². The van der Waals surface area contributed by atoms with Crippen LogP contribution in [0.2, 0.25) is 0 Å². The predicted molar refractivity (Wildman–Crippen MR) is 78.3 cm³/mol. The molecule has 0 bridgehead atoms.